The van der Waals surface area contributed by atoms with Crippen molar-refractivity contribution in [1.29, 1.82) is 0 Å². The highest BCUT2D eigenvalue weighted by atomic mass is 35.5. The summed E-state index contributed by atoms with van der Waals surface area (Å²) < 4.78 is 5.85. The number of halogens is 2. The molecule has 1 heterocycles. The molecule has 21 heavy (non-hydrogen) atoms. The summed E-state index contributed by atoms with van der Waals surface area (Å²) >= 11 is 12.2. The van der Waals surface area contributed by atoms with Gasteiger partial charge in [-0.2, -0.15) is 0 Å². The summed E-state index contributed by atoms with van der Waals surface area (Å²) in [5.41, 5.74) is 1.37. The third-order valence-corrected chi connectivity index (χ3v) is 5.14. The molecule has 2 unspecified atom stereocenters. The molecule has 0 amide bonds. The van der Waals surface area contributed by atoms with E-state index < -0.39 is 0 Å². The molecule has 2 atom stereocenters. The Morgan fingerprint density at radius 2 is 2.10 bits per heavy atom. The maximum Gasteiger partial charge on any atom is 0.0619 e. The van der Waals surface area contributed by atoms with Gasteiger partial charge in [-0.05, 0) is 49.9 Å². The Morgan fingerprint density at radius 1 is 1.33 bits per heavy atom. The van der Waals surface area contributed by atoms with Crippen LogP contribution in [0.15, 0.2) is 18.2 Å². The van der Waals surface area contributed by atoms with Crippen molar-refractivity contribution < 1.29 is 4.74 Å². The zero-order valence-corrected chi connectivity index (χ0v) is 14.6. The molecule has 2 nitrogen and oxygen atoms in total. The Hall–Kier alpha value is -0.280. The fraction of sp³-hybridized carbons (Fsp3) is 0.647. The molecule has 0 spiro atoms. The Labute approximate surface area is 138 Å². The second-order valence-corrected chi connectivity index (χ2v) is 7.39. The Bertz CT molecular complexity index is 478. The fourth-order valence-electron chi connectivity index (χ4n) is 3.01. The van der Waals surface area contributed by atoms with Gasteiger partial charge in [0.1, 0.15) is 0 Å². The van der Waals surface area contributed by atoms with Crippen LogP contribution in [0.1, 0.15) is 32.8 Å². The lowest BCUT2D eigenvalue weighted by atomic mass is 9.76. The summed E-state index contributed by atoms with van der Waals surface area (Å²) in [6.45, 7) is 9.50. The van der Waals surface area contributed by atoms with Crippen LogP contribution in [0.2, 0.25) is 10.0 Å². The molecule has 4 heteroatoms. The topological polar surface area (TPSA) is 21.3 Å². The lowest BCUT2D eigenvalue weighted by Gasteiger charge is -2.33. The standard InChI is InChI=1S/C17H25Cl2NO/c1-12(2)10-20-11-17(6-7-21-13(17)3)9-14-4-5-15(18)16(19)8-14/h4-5,8,12-13,20H,6-7,9-11H2,1-3H3. The summed E-state index contributed by atoms with van der Waals surface area (Å²) in [6, 6.07) is 5.94. The zero-order valence-electron chi connectivity index (χ0n) is 13.1. The number of hydrogen-bond acceptors (Lipinski definition) is 2. The van der Waals surface area contributed by atoms with Gasteiger partial charge >= 0.3 is 0 Å². The van der Waals surface area contributed by atoms with Gasteiger partial charge in [-0.3, -0.25) is 0 Å². The van der Waals surface area contributed by atoms with Crippen LogP contribution in [-0.2, 0) is 11.2 Å². The van der Waals surface area contributed by atoms with Crippen LogP contribution in [-0.4, -0.2) is 25.8 Å². The van der Waals surface area contributed by atoms with E-state index in [1.165, 1.54) is 5.56 Å². The molecule has 2 rings (SSSR count). The summed E-state index contributed by atoms with van der Waals surface area (Å²) in [7, 11) is 0. The predicted molar refractivity (Wildman–Crippen MR) is 90.3 cm³/mol. The van der Waals surface area contributed by atoms with Crippen molar-refractivity contribution in [3.63, 3.8) is 0 Å². The van der Waals surface area contributed by atoms with E-state index in [1.54, 1.807) is 0 Å². The minimum Gasteiger partial charge on any atom is -0.378 e. The highest BCUT2D eigenvalue weighted by Gasteiger charge is 2.41. The van der Waals surface area contributed by atoms with E-state index in [9.17, 15) is 0 Å². The molecule has 0 aliphatic carbocycles. The monoisotopic (exact) mass is 329 g/mol. The first-order chi connectivity index (χ1) is 9.93. The SMILES string of the molecule is CC(C)CNCC1(Cc2ccc(Cl)c(Cl)c2)CCOC1C. The zero-order chi connectivity index (χ0) is 15.5. The van der Waals surface area contributed by atoms with Gasteiger partial charge in [0.2, 0.25) is 0 Å². The number of benzene rings is 1. The highest BCUT2D eigenvalue weighted by Crippen LogP contribution is 2.38. The lowest BCUT2D eigenvalue weighted by Crippen LogP contribution is -2.42. The minimum absolute atomic E-state index is 0.145. The van der Waals surface area contributed by atoms with Crippen LogP contribution >= 0.6 is 23.2 Å². The van der Waals surface area contributed by atoms with Crippen LogP contribution in [0.25, 0.3) is 0 Å². The number of nitrogens with one attached hydrogen (secondary N) is 1. The Morgan fingerprint density at radius 3 is 2.67 bits per heavy atom. The van der Waals surface area contributed by atoms with Crippen molar-refractivity contribution in [1.82, 2.24) is 5.32 Å². The van der Waals surface area contributed by atoms with Gasteiger partial charge in [0, 0.05) is 18.6 Å². The van der Waals surface area contributed by atoms with E-state index in [0.29, 0.717) is 16.0 Å². The van der Waals surface area contributed by atoms with E-state index in [2.05, 4.69) is 32.2 Å². The summed E-state index contributed by atoms with van der Waals surface area (Å²) in [5, 5.41) is 4.85. The molecule has 1 aromatic rings. The van der Waals surface area contributed by atoms with E-state index >= 15 is 0 Å². The molecule has 1 aliphatic rings. The van der Waals surface area contributed by atoms with Crippen molar-refractivity contribution >= 4 is 23.2 Å². The van der Waals surface area contributed by atoms with Crippen LogP contribution in [0.3, 0.4) is 0 Å². The Kier molecular flexibility index (Phi) is 5.96. The molecule has 0 saturated carbocycles. The third kappa shape index (κ3) is 4.35. The smallest absolute Gasteiger partial charge is 0.0619 e. The quantitative estimate of drug-likeness (QED) is 0.824. The van der Waals surface area contributed by atoms with E-state index in [1.807, 2.05) is 12.1 Å². The average molecular weight is 330 g/mol. The van der Waals surface area contributed by atoms with Gasteiger partial charge in [-0.15, -0.1) is 0 Å². The first kappa shape index (κ1) is 17.1. The van der Waals surface area contributed by atoms with Gasteiger partial charge in [0.15, 0.2) is 0 Å². The van der Waals surface area contributed by atoms with Crippen molar-refractivity contribution in [3.8, 4) is 0 Å². The molecule has 1 fully saturated rings. The molecule has 0 radical (unpaired) electrons. The normalized spacial score (nSPS) is 25.7. The Balaban J connectivity index is 2.10. The lowest BCUT2D eigenvalue weighted by molar-refractivity contribution is 0.0627. The molecule has 118 valence electrons. The van der Waals surface area contributed by atoms with Crippen molar-refractivity contribution in [2.24, 2.45) is 11.3 Å². The highest BCUT2D eigenvalue weighted by molar-refractivity contribution is 6.42. The van der Waals surface area contributed by atoms with Crippen molar-refractivity contribution in [2.45, 2.75) is 39.7 Å². The largest absolute Gasteiger partial charge is 0.378 e. The summed E-state index contributed by atoms with van der Waals surface area (Å²) in [4.78, 5) is 0. The fourth-order valence-corrected chi connectivity index (χ4v) is 3.33. The maximum absolute atomic E-state index is 6.15. The third-order valence-electron chi connectivity index (χ3n) is 4.40. The van der Waals surface area contributed by atoms with E-state index in [-0.39, 0.29) is 11.5 Å². The molecule has 0 bridgehead atoms. The molecular formula is C17H25Cl2NO. The minimum atomic E-state index is 0.145. The van der Waals surface area contributed by atoms with Crippen LogP contribution in [0, 0.1) is 11.3 Å². The second-order valence-electron chi connectivity index (χ2n) is 6.58. The van der Waals surface area contributed by atoms with Crippen LogP contribution in [0.5, 0.6) is 0 Å². The van der Waals surface area contributed by atoms with Gasteiger partial charge in [0.25, 0.3) is 0 Å². The molecular weight excluding hydrogens is 305 g/mol. The van der Waals surface area contributed by atoms with Crippen molar-refractivity contribution in [2.75, 3.05) is 19.7 Å². The molecule has 1 N–H and O–H groups in total. The first-order valence-corrected chi connectivity index (χ1v) is 8.45. The molecule has 1 aliphatic heterocycles. The number of ether oxygens (including phenoxy) is 1. The predicted octanol–water partition coefficient (Wildman–Crippen LogP) is 4.58. The number of rotatable bonds is 6. The molecule has 0 aromatic heterocycles. The van der Waals surface area contributed by atoms with Gasteiger partial charge in [0.05, 0.1) is 16.1 Å². The molecule has 1 aromatic carbocycles. The van der Waals surface area contributed by atoms with Gasteiger partial charge in [-0.25, -0.2) is 0 Å². The van der Waals surface area contributed by atoms with Gasteiger partial charge < -0.3 is 10.1 Å². The number of hydrogen-bond donors (Lipinski definition) is 1. The maximum atomic E-state index is 6.15. The van der Waals surface area contributed by atoms with Gasteiger partial charge in [-0.1, -0.05) is 43.1 Å². The first-order valence-electron chi connectivity index (χ1n) is 7.69. The van der Waals surface area contributed by atoms with E-state index in [0.717, 1.165) is 32.5 Å². The van der Waals surface area contributed by atoms with Crippen molar-refractivity contribution in [3.05, 3.63) is 33.8 Å². The van der Waals surface area contributed by atoms with Crippen LogP contribution in [0.4, 0.5) is 0 Å². The van der Waals surface area contributed by atoms with Crippen LogP contribution < -0.4 is 5.32 Å². The second kappa shape index (κ2) is 7.32. The summed E-state index contributed by atoms with van der Waals surface area (Å²) in [6.07, 6.45) is 2.31. The average Bonchev–Trinajstić information content (AvgIpc) is 2.75. The molecule has 1 saturated heterocycles. The van der Waals surface area contributed by atoms with E-state index in [4.69, 9.17) is 27.9 Å². The summed E-state index contributed by atoms with van der Waals surface area (Å²) in [5.74, 6) is 0.657.